The third-order valence-electron chi connectivity index (χ3n) is 2.31. The van der Waals surface area contributed by atoms with Crippen molar-refractivity contribution in [3.63, 3.8) is 0 Å². The molecule has 1 rings (SSSR count). The molecule has 0 aromatic carbocycles. The largest absolute Gasteiger partial charge is 0.391 e. The van der Waals surface area contributed by atoms with Gasteiger partial charge < -0.3 is 0 Å². The van der Waals surface area contributed by atoms with Crippen LogP contribution in [0.5, 0.6) is 0 Å². The monoisotopic (exact) mass is 230 g/mol. The molecule has 0 amide bonds. The fourth-order valence-electron chi connectivity index (χ4n) is 1.46. The lowest BCUT2D eigenvalue weighted by Gasteiger charge is -2.31. The quantitative estimate of drug-likeness (QED) is 0.682. The molecule has 1 radical (unpaired) electrons. The number of hydrogen-bond acceptors (Lipinski definition) is 2. The van der Waals surface area contributed by atoms with Gasteiger partial charge in [-0.15, -0.1) is 0 Å². The van der Waals surface area contributed by atoms with Gasteiger partial charge in [0, 0.05) is 13.1 Å². The molecule has 7 heteroatoms. The number of alkyl halides is 3. The minimum absolute atomic E-state index is 0.0873. The summed E-state index contributed by atoms with van der Waals surface area (Å²) in [6.07, 6.45) is -1.65. The molecule has 1 fully saturated rings. The highest BCUT2D eigenvalue weighted by Crippen LogP contribution is 2.34. The molecule has 3 nitrogen and oxygen atoms in total. The van der Waals surface area contributed by atoms with Gasteiger partial charge in [-0.05, 0) is 12.8 Å². The Labute approximate surface area is 80.9 Å². The zero-order valence-electron chi connectivity index (χ0n) is 7.42. The first-order valence-electron chi connectivity index (χ1n) is 4.11. The van der Waals surface area contributed by atoms with Crippen LogP contribution in [0.1, 0.15) is 12.8 Å². The standard InChI is InChI=1S/C7H11F3NO2S/c1-14(12,13)11-4-2-6(3-5-11)7(8,9)10/h6H,1-5H2. The van der Waals surface area contributed by atoms with Crippen molar-refractivity contribution in [3.05, 3.63) is 6.26 Å². The number of piperidine rings is 1. The molecule has 1 aliphatic rings. The van der Waals surface area contributed by atoms with Crippen LogP contribution in [0.4, 0.5) is 13.2 Å². The summed E-state index contributed by atoms with van der Waals surface area (Å²) in [5, 5.41) is 0. The van der Waals surface area contributed by atoms with Crippen molar-refractivity contribution in [1.29, 1.82) is 0 Å². The average Bonchev–Trinajstić information content (AvgIpc) is 2.01. The van der Waals surface area contributed by atoms with Crippen molar-refractivity contribution in [1.82, 2.24) is 4.31 Å². The Hall–Kier alpha value is -0.300. The number of hydrogen-bond donors (Lipinski definition) is 0. The van der Waals surface area contributed by atoms with Gasteiger partial charge in [0.25, 0.3) is 0 Å². The molecule has 0 aliphatic carbocycles. The Kier molecular flexibility index (Phi) is 3.10. The van der Waals surface area contributed by atoms with Gasteiger partial charge in [-0.1, -0.05) is 0 Å². The number of halogens is 3. The molecule has 1 aliphatic heterocycles. The molecule has 0 spiro atoms. The Balaban J connectivity index is 2.56. The van der Waals surface area contributed by atoms with Crippen molar-refractivity contribution in [2.24, 2.45) is 5.92 Å². The normalized spacial score (nSPS) is 22.6. The van der Waals surface area contributed by atoms with Gasteiger partial charge in [0.05, 0.1) is 12.2 Å². The molecule has 0 aromatic rings. The van der Waals surface area contributed by atoms with Crippen LogP contribution >= 0.6 is 0 Å². The summed E-state index contributed by atoms with van der Waals surface area (Å²) in [5.41, 5.74) is 0. The fraction of sp³-hybridized carbons (Fsp3) is 0.857. The van der Waals surface area contributed by atoms with E-state index in [-0.39, 0.29) is 25.9 Å². The maximum Gasteiger partial charge on any atom is 0.391 e. The molecule has 83 valence electrons. The van der Waals surface area contributed by atoms with Gasteiger partial charge >= 0.3 is 6.18 Å². The third-order valence-corrected chi connectivity index (χ3v) is 3.46. The Morgan fingerprint density at radius 2 is 1.64 bits per heavy atom. The second-order valence-corrected chi connectivity index (χ2v) is 5.01. The average molecular weight is 230 g/mol. The first-order valence-corrected chi connectivity index (χ1v) is 5.72. The Morgan fingerprint density at radius 3 is 1.93 bits per heavy atom. The second-order valence-electron chi connectivity index (χ2n) is 3.33. The molecular weight excluding hydrogens is 219 g/mol. The van der Waals surface area contributed by atoms with E-state index >= 15 is 0 Å². The van der Waals surface area contributed by atoms with Gasteiger partial charge in [-0.3, -0.25) is 0 Å². The molecule has 0 aromatic heterocycles. The molecule has 0 atom stereocenters. The molecule has 1 saturated heterocycles. The summed E-state index contributed by atoms with van der Waals surface area (Å²) in [4.78, 5) is 0. The van der Waals surface area contributed by atoms with E-state index in [1.54, 1.807) is 0 Å². The molecular formula is C7H11F3NO2S. The van der Waals surface area contributed by atoms with Gasteiger partial charge in [0.15, 0.2) is 0 Å². The highest BCUT2D eigenvalue weighted by molar-refractivity contribution is 7.90. The SMILES string of the molecule is [CH2]S(=O)(=O)N1CCC(C(F)(F)F)CC1. The van der Waals surface area contributed by atoms with Crippen LogP contribution in [0.25, 0.3) is 0 Å². The van der Waals surface area contributed by atoms with Crippen LogP contribution in [0.2, 0.25) is 0 Å². The van der Waals surface area contributed by atoms with Crippen LogP contribution in [-0.2, 0) is 10.0 Å². The van der Waals surface area contributed by atoms with Crippen LogP contribution in [-0.4, -0.2) is 32.0 Å². The topological polar surface area (TPSA) is 37.4 Å². The van der Waals surface area contributed by atoms with E-state index in [0.717, 1.165) is 4.31 Å². The number of nitrogens with zero attached hydrogens (tertiary/aromatic N) is 1. The van der Waals surface area contributed by atoms with E-state index in [4.69, 9.17) is 0 Å². The third kappa shape index (κ3) is 2.84. The van der Waals surface area contributed by atoms with E-state index in [0.29, 0.717) is 0 Å². The van der Waals surface area contributed by atoms with Gasteiger partial charge in [0.1, 0.15) is 0 Å². The molecule has 0 unspecified atom stereocenters. The molecule has 0 bridgehead atoms. The minimum Gasteiger partial charge on any atom is -0.212 e. The highest BCUT2D eigenvalue weighted by Gasteiger charge is 2.42. The van der Waals surface area contributed by atoms with E-state index in [9.17, 15) is 21.6 Å². The summed E-state index contributed by atoms with van der Waals surface area (Å²) in [6.45, 7) is -0.175. The van der Waals surface area contributed by atoms with E-state index in [1.807, 2.05) is 0 Å². The number of rotatable bonds is 1. The van der Waals surface area contributed by atoms with E-state index in [1.165, 1.54) is 0 Å². The van der Waals surface area contributed by atoms with Crippen molar-refractivity contribution in [3.8, 4) is 0 Å². The van der Waals surface area contributed by atoms with Crippen molar-refractivity contribution in [2.45, 2.75) is 19.0 Å². The van der Waals surface area contributed by atoms with Crippen molar-refractivity contribution < 1.29 is 21.6 Å². The maximum absolute atomic E-state index is 12.2. The lowest BCUT2D eigenvalue weighted by molar-refractivity contribution is -0.182. The van der Waals surface area contributed by atoms with Gasteiger partial charge in [0.2, 0.25) is 10.0 Å². The van der Waals surface area contributed by atoms with Crippen molar-refractivity contribution >= 4 is 10.0 Å². The summed E-state index contributed by atoms with van der Waals surface area (Å²) in [5.74, 6) is -1.37. The van der Waals surface area contributed by atoms with Gasteiger partial charge in [-0.25, -0.2) is 12.7 Å². The van der Waals surface area contributed by atoms with Crippen molar-refractivity contribution in [2.75, 3.05) is 13.1 Å². The summed E-state index contributed by atoms with van der Waals surface area (Å²) in [6, 6.07) is 0. The smallest absolute Gasteiger partial charge is 0.212 e. The lowest BCUT2D eigenvalue weighted by atomic mass is 9.98. The molecule has 14 heavy (non-hydrogen) atoms. The predicted octanol–water partition coefficient (Wildman–Crippen LogP) is 1.38. The molecule has 1 heterocycles. The van der Waals surface area contributed by atoms with Crippen LogP contribution in [0.15, 0.2) is 0 Å². The molecule has 0 saturated carbocycles. The highest BCUT2D eigenvalue weighted by atomic mass is 32.2. The zero-order chi connectivity index (χ0) is 11.0. The summed E-state index contributed by atoms with van der Waals surface area (Å²) in [7, 11) is -3.58. The van der Waals surface area contributed by atoms with Gasteiger partial charge in [-0.2, -0.15) is 13.2 Å². The van der Waals surface area contributed by atoms with Crippen LogP contribution in [0, 0.1) is 12.2 Å². The van der Waals surface area contributed by atoms with E-state index < -0.39 is 22.1 Å². The second kappa shape index (κ2) is 3.69. The Bertz CT molecular complexity index is 291. The predicted molar refractivity (Wildman–Crippen MR) is 44.6 cm³/mol. The summed E-state index contributed by atoms with van der Waals surface area (Å²) < 4.78 is 59.3. The number of sulfonamides is 1. The zero-order valence-corrected chi connectivity index (χ0v) is 8.24. The lowest BCUT2D eigenvalue weighted by Crippen LogP contribution is -2.41. The summed E-state index contributed by atoms with van der Waals surface area (Å²) >= 11 is 0. The van der Waals surface area contributed by atoms with Crippen LogP contribution < -0.4 is 0 Å². The first-order chi connectivity index (χ1) is 6.21. The maximum atomic E-state index is 12.2. The Morgan fingerprint density at radius 1 is 1.21 bits per heavy atom. The first kappa shape index (κ1) is 11.8. The molecule has 0 N–H and O–H groups in total. The van der Waals surface area contributed by atoms with Crippen LogP contribution in [0.3, 0.4) is 0 Å². The minimum atomic E-state index is -4.21. The van der Waals surface area contributed by atoms with E-state index in [2.05, 4.69) is 6.26 Å². The fourth-order valence-corrected chi connectivity index (χ4v) is 2.23.